The first-order chi connectivity index (χ1) is 5.86. The highest BCUT2D eigenvalue weighted by atomic mass is 32.2. The monoisotopic (exact) mass is 189 g/mol. The molecule has 5 nitrogen and oxygen atoms in total. The molecule has 0 radical (unpaired) electrons. The lowest BCUT2D eigenvalue weighted by Crippen LogP contribution is -2.40. The van der Waals surface area contributed by atoms with Crippen molar-refractivity contribution < 1.29 is 9.22 Å². The van der Waals surface area contributed by atoms with Crippen molar-refractivity contribution in [3.63, 3.8) is 0 Å². The van der Waals surface area contributed by atoms with Crippen LogP contribution in [0.15, 0.2) is 0 Å². The van der Waals surface area contributed by atoms with E-state index >= 15 is 0 Å². The molecule has 0 bridgehead atoms. The first kappa shape index (κ1) is 9.61. The van der Waals surface area contributed by atoms with E-state index in [1.807, 2.05) is 4.31 Å². The summed E-state index contributed by atoms with van der Waals surface area (Å²) in [6, 6.07) is 0. The van der Waals surface area contributed by atoms with Crippen molar-refractivity contribution in [3.8, 4) is 6.19 Å². The highest BCUT2D eigenvalue weighted by Crippen LogP contribution is 2.13. The van der Waals surface area contributed by atoms with E-state index in [1.165, 1.54) is 19.3 Å². The lowest BCUT2D eigenvalue weighted by atomic mass is 10.4. The quantitative estimate of drug-likeness (QED) is 0.208. The van der Waals surface area contributed by atoms with Gasteiger partial charge in [0.15, 0.2) is 6.19 Å². The summed E-state index contributed by atoms with van der Waals surface area (Å²) in [5.41, 5.74) is 0. The molecular formula is C6H11N3O2S. The molecular weight excluding hydrogens is 178 g/mol. The van der Waals surface area contributed by atoms with Gasteiger partial charge in [-0.3, -0.25) is 0 Å². The maximum absolute atomic E-state index is 8.55. The number of nitriles is 1. The molecule has 1 fully saturated rings. The second-order valence-electron chi connectivity index (χ2n) is 2.33. The predicted molar refractivity (Wildman–Crippen MR) is 44.4 cm³/mol. The molecule has 0 aromatic heterocycles. The van der Waals surface area contributed by atoms with Crippen molar-refractivity contribution in [2.24, 2.45) is 0 Å². The zero-order valence-electron chi connectivity index (χ0n) is 6.89. The number of piperazine rings is 1. The Hall–Kier alpha value is -0.480. The smallest absolute Gasteiger partial charge is 0.179 e. The summed E-state index contributed by atoms with van der Waals surface area (Å²) >= 11 is 1.18. The highest BCUT2D eigenvalue weighted by molar-refractivity contribution is 7.92. The van der Waals surface area contributed by atoms with E-state index < -0.39 is 0 Å². The molecule has 0 atom stereocenters. The Labute approximate surface area is 76.1 Å². The second kappa shape index (κ2) is 5.22. The van der Waals surface area contributed by atoms with Gasteiger partial charge < -0.3 is 4.90 Å². The Bertz CT molecular complexity index is 165. The Morgan fingerprint density at radius 2 is 2.00 bits per heavy atom. The van der Waals surface area contributed by atoms with Gasteiger partial charge in [0.05, 0.1) is 7.11 Å². The molecule has 0 aromatic rings. The van der Waals surface area contributed by atoms with Crippen LogP contribution in [0, 0.1) is 11.5 Å². The van der Waals surface area contributed by atoms with Gasteiger partial charge in [0.25, 0.3) is 0 Å². The van der Waals surface area contributed by atoms with Crippen molar-refractivity contribution in [1.29, 1.82) is 5.26 Å². The Morgan fingerprint density at radius 1 is 1.33 bits per heavy atom. The molecule has 0 saturated carbocycles. The summed E-state index contributed by atoms with van der Waals surface area (Å²) in [5.74, 6) is 0. The first-order valence-electron chi connectivity index (χ1n) is 3.64. The van der Waals surface area contributed by atoms with E-state index in [-0.39, 0.29) is 0 Å². The van der Waals surface area contributed by atoms with Gasteiger partial charge in [0.1, 0.15) is 12.2 Å². The van der Waals surface area contributed by atoms with Crippen LogP contribution in [0.25, 0.3) is 0 Å². The van der Waals surface area contributed by atoms with Gasteiger partial charge in [-0.15, -0.1) is 4.33 Å². The van der Waals surface area contributed by atoms with Crippen molar-refractivity contribution in [2.75, 3.05) is 33.3 Å². The molecule has 1 saturated heterocycles. The number of nitrogens with zero attached hydrogens (tertiary/aromatic N) is 3. The van der Waals surface area contributed by atoms with Crippen molar-refractivity contribution in [2.45, 2.75) is 0 Å². The Kier molecular flexibility index (Phi) is 4.18. The third kappa shape index (κ3) is 2.87. The summed E-state index contributed by atoms with van der Waals surface area (Å²) in [4.78, 5) is 6.17. The largest absolute Gasteiger partial charge is 0.308 e. The fraction of sp³-hybridized carbons (Fsp3) is 0.833. The molecule has 0 aliphatic carbocycles. The van der Waals surface area contributed by atoms with Crippen molar-refractivity contribution in [3.05, 3.63) is 0 Å². The zero-order chi connectivity index (χ0) is 8.81. The molecule has 0 N–H and O–H groups in total. The normalized spacial score (nSPS) is 19.2. The van der Waals surface area contributed by atoms with Gasteiger partial charge in [-0.25, -0.2) is 9.19 Å². The van der Waals surface area contributed by atoms with Crippen LogP contribution in [0.1, 0.15) is 0 Å². The molecule has 0 unspecified atom stereocenters. The van der Waals surface area contributed by atoms with Gasteiger partial charge in [0.2, 0.25) is 0 Å². The number of rotatable bonds is 3. The van der Waals surface area contributed by atoms with Gasteiger partial charge in [0, 0.05) is 26.2 Å². The average Bonchev–Trinajstić information content (AvgIpc) is 2.15. The number of hydrogen-bond donors (Lipinski definition) is 0. The van der Waals surface area contributed by atoms with Crippen molar-refractivity contribution in [1.82, 2.24) is 9.21 Å². The van der Waals surface area contributed by atoms with Crippen LogP contribution in [0.2, 0.25) is 0 Å². The first-order valence-corrected chi connectivity index (χ1v) is 4.33. The van der Waals surface area contributed by atoms with Gasteiger partial charge >= 0.3 is 0 Å². The lowest BCUT2D eigenvalue weighted by molar-refractivity contribution is -0.163. The predicted octanol–water partition coefficient (Wildman–Crippen LogP) is 0.226. The van der Waals surface area contributed by atoms with Crippen LogP contribution < -0.4 is 0 Å². The van der Waals surface area contributed by atoms with Gasteiger partial charge in [-0.05, 0) is 0 Å². The maximum atomic E-state index is 8.55. The molecule has 68 valence electrons. The second-order valence-corrected chi connectivity index (χ2v) is 3.13. The molecule has 0 spiro atoms. The SMILES string of the molecule is COOSN1CCN(C#N)CC1. The van der Waals surface area contributed by atoms with Crippen LogP contribution in [0.3, 0.4) is 0 Å². The van der Waals surface area contributed by atoms with Gasteiger partial charge in [-0.2, -0.15) is 5.26 Å². The fourth-order valence-electron chi connectivity index (χ4n) is 0.936. The molecule has 1 aliphatic rings. The third-order valence-corrected chi connectivity index (χ3v) is 2.36. The third-order valence-electron chi connectivity index (χ3n) is 1.58. The maximum Gasteiger partial charge on any atom is 0.179 e. The minimum Gasteiger partial charge on any atom is -0.308 e. The van der Waals surface area contributed by atoms with Crippen LogP contribution in [-0.4, -0.2) is 42.5 Å². The van der Waals surface area contributed by atoms with E-state index in [0.717, 1.165) is 26.2 Å². The highest BCUT2D eigenvalue weighted by Gasteiger charge is 2.16. The fourth-order valence-corrected chi connectivity index (χ4v) is 1.40. The zero-order valence-corrected chi connectivity index (χ0v) is 7.71. The molecule has 1 aliphatic heterocycles. The molecule has 0 amide bonds. The van der Waals surface area contributed by atoms with Gasteiger partial charge in [-0.1, -0.05) is 0 Å². The van der Waals surface area contributed by atoms with Crippen LogP contribution in [-0.2, 0) is 9.22 Å². The summed E-state index contributed by atoms with van der Waals surface area (Å²) in [7, 11) is 1.47. The van der Waals surface area contributed by atoms with Crippen molar-refractivity contribution >= 4 is 12.2 Å². The van der Waals surface area contributed by atoms with E-state index in [1.54, 1.807) is 4.90 Å². The average molecular weight is 189 g/mol. The van der Waals surface area contributed by atoms with Crippen LogP contribution >= 0.6 is 12.2 Å². The summed E-state index contributed by atoms with van der Waals surface area (Å²) in [6.07, 6.45) is 2.11. The van der Waals surface area contributed by atoms with E-state index in [2.05, 4.69) is 15.4 Å². The minimum absolute atomic E-state index is 0.760. The molecule has 1 heterocycles. The Balaban J connectivity index is 2.14. The minimum atomic E-state index is 0.760. The standard InChI is InChI=1S/C6H11N3O2S/c1-10-11-12-9-4-2-8(6-7)3-5-9/h2-5H2,1H3. The molecule has 0 aromatic carbocycles. The summed E-state index contributed by atoms with van der Waals surface area (Å²) in [6.45, 7) is 3.16. The lowest BCUT2D eigenvalue weighted by Gasteiger charge is -2.28. The summed E-state index contributed by atoms with van der Waals surface area (Å²) < 4.78 is 6.69. The summed E-state index contributed by atoms with van der Waals surface area (Å²) in [5, 5.41) is 8.55. The topological polar surface area (TPSA) is 48.7 Å². The van der Waals surface area contributed by atoms with E-state index in [9.17, 15) is 0 Å². The van der Waals surface area contributed by atoms with E-state index in [4.69, 9.17) is 5.26 Å². The molecule has 1 rings (SSSR count). The molecule has 6 heteroatoms. The van der Waals surface area contributed by atoms with Crippen LogP contribution in [0.5, 0.6) is 0 Å². The Morgan fingerprint density at radius 3 is 2.50 bits per heavy atom. The number of hydrogen-bond acceptors (Lipinski definition) is 6. The van der Waals surface area contributed by atoms with Crippen LogP contribution in [0.4, 0.5) is 0 Å². The molecule has 12 heavy (non-hydrogen) atoms. The van der Waals surface area contributed by atoms with E-state index in [0.29, 0.717) is 0 Å².